The smallest absolute Gasteiger partial charge is 0.406 e. The van der Waals surface area contributed by atoms with Crippen LogP contribution in [-0.2, 0) is 11.3 Å². The van der Waals surface area contributed by atoms with E-state index in [4.69, 9.17) is 0 Å². The fourth-order valence-corrected chi connectivity index (χ4v) is 4.23. The Balaban J connectivity index is 1.94. The molecule has 2 aromatic carbocycles. The SMILES string of the molecule is COC(=O)NCCn1c(C(=O)N2CCNCC2)c(-c2ccccc2)n(-c2ccccc2C)c1=O. The zero-order valence-corrected chi connectivity index (χ0v) is 19.4. The molecule has 0 aliphatic carbocycles. The van der Waals surface area contributed by atoms with Gasteiger partial charge in [0.2, 0.25) is 0 Å². The molecule has 1 aromatic heterocycles. The predicted octanol–water partition coefficient (Wildman–Crippen LogP) is 2.02. The highest BCUT2D eigenvalue weighted by atomic mass is 16.5. The molecule has 2 amide bonds. The average Bonchev–Trinajstić information content (AvgIpc) is 3.16. The van der Waals surface area contributed by atoms with E-state index in [-0.39, 0.29) is 24.7 Å². The second kappa shape index (κ2) is 10.4. The lowest BCUT2D eigenvalue weighted by atomic mass is 10.1. The molecule has 0 radical (unpaired) electrons. The fourth-order valence-electron chi connectivity index (χ4n) is 4.23. The lowest BCUT2D eigenvalue weighted by molar-refractivity contribution is 0.0725. The minimum Gasteiger partial charge on any atom is -0.453 e. The van der Waals surface area contributed by atoms with Crippen molar-refractivity contribution in [2.75, 3.05) is 39.8 Å². The molecule has 3 aromatic rings. The van der Waals surface area contributed by atoms with E-state index < -0.39 is 6.09 Å². The second-order valence-corrected chi connectivity index (χ2v) is 8.08. The molecular formula is C25H29N5O4. The van der Waals surface area contributed by atoms with Crippen LogP contribution in [0.25, 0.3) is 16.9 Å². The van der Waals surface area contributed by atoms with E-state index in [1.165, 1.54) is 11.7 Å². The number of para-hydroxylation sites is 1. The van der Waals surface area contributed by atoms with E-state index in [1.807, 2.05) is 61.5 Å². The largest absolute Gasteiger partial charge is 0.453 e. The maximum Gasteiger partial charge on any atom is 0.406 e. The third-order valence-electron chi connectivity index (χ3n) is 5.94. The predicted molar refractivity (Wildman–Crippen MR) is 129 cm³/mol. The molecule has 0 unspecified atom stereocenters. The van der Waals surface area contributed by atoms with Crippen molar-refractivity contribution in [3.05, 3.63) is 76.3 Å². The minimum atomic E-state index is -0.593. The quantitative estimate of drug-likeness (QED) is 0.583. The molecule has 9 nitrogen and oxygen atoms in total. The summed E-state index contributed by atoms with van der Waals surface area (Å²) in [5, 5.41) is 5.86. The summed E-state index contributed by atoms with van der Waals surface area (Å²) < 4.78 is 7.73. The standard InChI is InChI=1S/C25H29N5O4/c1-18-8-6-7-11-20(18)30-21(19-9-4-3-5-10-19)22(23(31)28-15-12-26-13-16-28)29(25(30)33)17-14-27-24(32)34-2/h3-11,26H,12-17H2,1-2H3,(H,27,32). The molecule has 4 rings (SSSR count). The van der Waals surface area contributed by atoms with Crippen molar-refractivity contribution in [1.29, 1.82) is 0 Å². The van der Waals surface area contributed by atoms with E-state index in [0.717, 1.165) is 11.1 Å². The van der Waals surface area contributed by atoms with Gasteiger partial charge >= 0.3 is 11.8 Å². The monoisotopic (exact) mass is 463 g/mol. The maximum absolute atomic E-state index is 13.9. The average molecular weight is 464 g/mol. The number of hydrogen-bond donors (Lipinski definition) is 2. The number of hydrogen-bond acceptors (Lipinski definition) is 5. The molecule has 34 heavy (non-hydrogen) atoms. The molecule has 0 bridgehead atoms. The Labute approximate surface area is 197 Å². The number of aryl methyl sites for hydroxylation is 1. The zero-order chi connectivity index (χ0) is 24.1. The van der Waals surface area contributed by atoms with Gasteiger partial charge in [-0.3, -0.25) is 13.9 Å². The van der Waals surface area contributed by atoms with Crippen molar-refractivity contribution in [2.45, 2.75) is 13.5 Å². The Bertz CT molecular complexity index is 1230. The van der Waals surface area contributed by atoms with Crippen LogP contribution in [0.5, 0.6) is 0 Å². The molecule has 178 valence electrons. The van der Waals surface area contributed by atoms with Crippen LogP contribution in [0, 0.1) is 6.92 Å². The molecule has 1 saturated heterocycles. The highest BCUT2D eigenvalue weighted by Crippen LogP contribution is 2.28. The summed E-state index contributed by atoms with van der Waals surface area (Å²) >= 11 is 0. The van der Waals surface area contributed by atoms with Gasteiger partial charge in [0.25, 0.3) is 5.91 Å². The molecule has 1 aliphatic rings. The van der Waals surface area contributed by atoms with Crippen molar-refractivity contribution in [3.63, 3.8) is 0 Å². The molecule has 0 saturated carbocycles. The van der Waals surface area contributed by atoms with Crippen LogP contribution in [0.4, 0.5) is 4.79 Å². The summed E-state index contributed by atoms with van der Waals surface area (Å²) in [6, 6.07) is 17.1. The number of nitrogens with zero attached hydrogens (tertiary/aromatic N) is 3. The molecule has 1 fully saturated rings. The van der Waals surface area contributed by atoms with Gasteiger partial charge in [-0.1, -0.05) is 48.5 Å². The Morgan fingerprint density at radius 2 is 1.71 bits per heavy atom. The number of alkyl carbamates (subject to hydrolysis) is 1. The number of aromatic nitrogens is 2. The summed E-state index contributed by atoms with van der Waals surface area (Å²) in [5.41, 5.74) is 2.90. The topological polar surface area (TPSA) is 97.6 Å². The maximum atomic E-state index is 13.9. The minimum absolute atomic E-state index is 0.125. The molecule has 9 heteroatoms. The van der Waals surface area contributed by atoms with Gasteiger partial charge in [0, 0.05) is 44.8 Å². The highest BCUT2D eigenvalue weighted by Gasteiger charge is 2.31. The molecule has 0 spiro atoms. The Kier molecular flexibility index (Phi) is 7.12. The van der Waals surface area contributed by atoms with Crippen molar-refractivity contribution in [1.82, 2.24) is 24.7 Å². The van der Waals surface area contributed by atoms with Crippen LogP contribution in [0.2, 0.25) is 0 Å². The van der Waals surface area contributed by atoms with E-state index in [2.05, 4.69) is 15.4 Å². The van der Waals surface area contributed by atoms with Gasteiger partial charge in [0.1, 0.15) is 5.69 Å². The molecule has 1 aliphatic heterocycles. The molecular weight excluding hydrogens is 434 g/mol. The Morgan fingerprint density at radius 1 is 1.03 bits per heavy atom. The van der Waals surface area contributed by atoms with Gasteiger partial charge in [-0.15, -0.1) is 0 Å². The number of piperazine rings is 1. The van der Waals surface area contributed by atoms with Gasteiger partial charge in [-0.25, -0.2) is 9.59 Å². The normalized spacial score (nSPS) is 13.5. The molecule has 2 heterocycles. The number of ether oxygens (including phenoxy) is 1. The second-order valence-electron chi connectivity index (χ2n) is 8.08. The van der Waals surface area contributed by atoms with Gasteiger partial charge in [-0.2, -0.15) is 0 Å². The Hall–Kier alpha value is -3.85. The summed E-state index contributed by atoms with van der Waals surface area (Å²) in [5.74, 6) is -0.206. The van der Waals surface area contributed by atoms with E-state index >= 15 is 0 Å². The lowest BCUT2D eigenvalue weighted by Crippen LogP contribution is -2.47. The zero-order valence-electron chi connectivity index (χ0n) is 19.4. The first-order valence-electron chi connectivity index (χ1n) is 11.3. The number of carbonyl (C=O) groups excluding carboxylic acids is 2. The summed E-state index contributed by atoms with van der Waals surface area (Å²) in [4.78, 5) is 41.1. The van der Waals surface area contributed by atoms with Crippen LogP contribution in [0.1, 0.15) is 16.1 Å². The summed E-state index contributed by atoms with van der Waals surface area (Å²) in [7, 11) is 1.28. The van der Waals surface area contributed by atoms with Crippen molar-refractivity contribution in [3.8, 4) is 16.9 Å². The first kappa shape index (κ1) is 23.3. The summed E-state index contributed by atoms with van der Waals surface area (Å²) in [6.45, 7) is 4.69. The molecule has 0 atom stereocenters. The van der Waals surface area contributed by atoms with E-state index in [9.17, 15) is 14.4 Å². The number of imidazole rings is 1. The number of nitrogens with one attached hydrogen (secondary N) is 2. The summed E-state index contributed by atoms with van der Waals surface area (Å²) in [6.07, 6.45) is -0.593. The van der Waals surface area contributed by atoms with Gasteiger partial charge in [0.15, 0.2) is 0 Å². The van der Waals surface area contributed by atoms with Gasteiger partial charge in [-0.05, 0) is 18.6 Å². The van der Waals surface area contributed by atoms with Crippen molar-refractivity contribution in [2.24, 2.45) is 0 Å². The number of amides is 2. The number of benzene rings is 2. The van der Waals surface area contributed by atoms with Crippen molar-refractivity contribution >= 4 is 12.0 Å². The highest BCUT2D eigenvalue weighted by molar-refractivity contribution is 5.99. The Morgan fingerprint density at radius 3 is 2.38 bits per heavy atom. The third kappa shape index (κ3) is 4.60. The van der Waals surface area contributed by atoms with E-state index in [1.54, 1.807) is 9.47 Å². The fraction of sp³-hybridized carbons (Fsp3) is 0.320. The lowest BCUT2D eigenvalue weighted by Gasteiger charge is -2.28. The first-order valence-corrected chi connectivity index (χ1v) is 11.3. The van der Waals surface area contributed by atoms with Crippen LogP contribution < -0.4 is 16.3 Å². The first-order chi connectivity index (χ1) is 16.5. The number of methoxy groups -OCH3 is 1. The van der Waals surface area contributed by atoms with Gasteiger partial charge < -0.3 is 20.3 Å². The number of rotatable bonds is 6. The van der Waals surface area contributed by atoms with Crippen LogP contribution in [0.15, 0.2) is 59.4 Å². The van der Waals surface area contributed by atoms with Crippen molar-refractivity contribution < 1.29 is 14.3 Å². The van der Waals surface area contributed by atoms with Crippen LogP contribution in [-0.4, -0.2) is 65.9 Å². The van der Waals surface area contributed by atoms with Crippen LogP contribution >= 0.6 is 0 Å². The third-order valence-corrected chi connectivity index (χ3v) is 5.94. The van der Waals surface area contributed by atoms with Crippen LogP contribution in [0.3, 0.4) is 0 Å². The van der Waals surface area contributed by atoms with Gasteiger partial charge in [0.05, 0.1) is 18.5 Å². The number of carbonyl (C=O) groups is 2. The molecule has 2 N–H and O–H groups in total. The van der Waals surface area contributed by atoms with E-state index in [0.29, 0.717) is 43.3 Å².